The van der Waals surface area contributed by atoms with Crippen LogP contribution in [-0.2, 0) is 11.2 Å². The molecule has 0 radical (unpaired) electrons. The van der Waals surface area contributed by atoms with Crippen molar-refractivity contribution in [2.24, 2.45) is 5.41 Å². The molecule has 5 nitrogen and oxygen atoms in total. The molecule has 0 saturated heterocycles. The topological polar surface area (TPSA) is 80.4 Å². The van der Waals surface area contributed by atoms with Crippen molar-refractivity contribution in [3.05, 3.63) is 39.9 Å². The lowest BCUT2D eigenvalue weighted by Crippen LogP contribution is -2.38. The second-order valence-corrected chi connectivity index (χ2v) is 4.86. The number of carboxylic acids is 1. The van der Waals surface area contributed by atoms with E-state index in [2.05, 4.69) is 0 Å². The molecule has 96 valence electrons. The fourth-order valence-electron chi connectivity index (χ4n) is 2.34. The summed E-state index contributed by atoms with van der Waals surface area (Å²) in [6.07, 6.45) is 3.74. The van der Waals surface area contributed by atoms with Gasteiger partial charge in [-0.1, -0.05) is 18.6 Å². The highest BCUT2D eigenvalue weighted by molar-refractivity contribution is 5.75. The first kappa shape index (κ1) is 12.5. The minimum absolute atomic E-state index is 0.0651. The number of carboxylic acid groups (broad SMARTS) is 1. The molecule has 0 aliphatic heterocycles. The summed E-state index contributed by atoms with van der Waals surface area (Å²) in [4.78, 5) is 21.2. The Balaban J connectivity index is 1.98. The van der Waals surface area contributed by atoms with Crippen molar-refractivity contribution >= 4 is 11.7 Å². The first-order chi connectivity index (χ1) is 8.53. The van der Waals surface area contributed by atoms with E-state index in [0.29, 0.717) is 12.8 Å². The number of nitro groups is 1. The molecule has 0 amide bonds. The zero-order valence-corrected chi connectivity index (χ0v) is 9.96. The van der Waals surface area contributed by atoms with E-state index in [-0.39, 0.29) is 5.69 Å². The number of carbonyl (C=O) groups is 1. The molecule has 0 aromatic heterocycles. The molecule has 18 heavy (non-hydrogen) atoms. The number of non-ortho nitro benzene ring substituents is 1. The molecule has 1 aliphatic rings. The lowest BCUT2D eigenvalue weighted by molar-refractivity contribution is -0.384. The molecule has 1 aromatic rings. The number of nitro benzene ring substituents is 1. The first-order valence-electron chi connectivity index (χ1n) is 6.00. The van der Waals surface area contributed by atoms with Gasteiger partial charge in [0.25, 0.3) is 5.69 Å². The van der Waals surface area contributed by atoms with Crippen LogP contribution < -0.4 is 0 Å². The summed E-state index contributed by atoms with van der Waals surface area (Å²) in [5.41, 5.74) is 0.463. The van der Waals surface area contributed by atoms with Gasteiger partial charge in [0.15, 0.2) is 0 Å². The van der Waals surface area contributed by atoms with E-state index in [4.69, 9.17) is 0 Å². The van der Waals surface area contributed by atoms with Gasteiger partial charge in [0.2, 0.25) is 0 Å². The standard InChI is InChI=1S/C13H15NO4/c15-12(16)13(7-1-8-13)9-6-10-2-4-11(5-3-10)14(17)18/h2-5H,1,6-9H2,(H,15,16). The number of nitrogens with zero attached hydrogens (tertiary/aromatic N) is 1. The number of aliphatic carboxylic acids is 1. The van der Waals surface area contributed by atoms with Gasteiger partial charge in [-0.2, -0.15) is 0 Å². The van der Waals surface area contributed by atoms with Crippen LogP contribution in [0.1, 0.15) is 31.2 Å². The Bertz CT molecular complexity index is 462. The van der Waals surface area contributed by atoms with Crippen molar-refractivity contribution < 1.29 is 14.8 Å². The van der Waals surface area contributed by atoms with Crippen LogP contribution in [0.25, 0.3) is 0 Å². The van der Waals surface area contributed by atoms with Crippen LogP contribution in [0.5, 0.6) is 0 Å². The minimum Gasteiger partial charge on any atom is -0.481 e. The number of rotatable bonds is 5. The Morgan fingerprint density at radius 3 is 2.33 bits per heavy atom. The highest BCUT2D eigenvalue weighted by atomic mass is 16.6. The van der Waals surface area contributed by atoms with E-state index in [9.17, 15) is 20.0 Å². The summed E-state index contributed by atoms with van der Waals surface area (Å²) >= 11 is 0. The summed E-state index contributed by atoms with van der Waals surface area (Å²) in [5, 5.41) is 19.7. The van der Waals surface area contributed by atoms with Gasteiger partial charge >= 0.3 is 5.97 Å². The molecule has 1 aliphatic carbocycles. The molecule has 1 N–H and O–H groups in total. The summed E-state index contributed by atoms with van der Waals surface area (Å²) in [6.45, 7) is 0. The van der Waals surface area contributed by atoms with E-state index in [1.165, 1.54) is 12.1 Å². The predicted molar refractivity (Wildman–Crippen MR) is 65.3 cm³/mol. The quantitative estimate of drug-likeness (QED) is 0.642. The van der Waals surface area contributed by atoms with Gasteiger partial charge in [-0.3, -0.25) is 14.9 Å². The molecule has 2 rings (SSSR count). The number of aryl methyl sites for hydroxylation is 1. The lowest BCUT2D eigenvalue weighted by atomic mass is 9.66. The monoisotopic (exact) mass is 249 g/mol. The van der Waals surface area contributed by atoms with Crippen LogP contribution >= 0.6 is 0 Å². The molecule has 1 fully saturated rings. The Kier molecular flexibility index (Phi) is 3.32. The van der Waals surface area contributed by atoms with Crippen molar-refractivity contribution in [2.75, 3.05) is 0 Å². The summed E-state index contributed by atoms with van der Waals surface area (Å²) < 4.78 is 0. The Labute approximate surface area is 105 Å². The largest absolute Gasteiger partial charge is 0.481 e. The van der Waals surface area contributed by atoms with Gasteiger partial charge in [-0.15, -0.1) is 0 Å². The number of hydrogen-bond donors (Lipinski definition) is 1. The van der Waals surface area contributed by atoms with Crippen LogP contribution in [-0.4, -0.2) is 16.0 Å². The van der Waals surface area contributed by atoms with Crippen LogP contribution in [0.4, 0.5) is 5.69 Å². The highest BCUT2D eigenvalue weighted by Gasteiger charge is 2.43. The van der Waals surface area contributed by atoms with Crippen LogP contribution in [0.15, 0.2) is 24.3 Å². The average molecular weight is 249 g/mol. The van der Waals surface area contributed by atoms with Crippen molar-refractivity contribution in [3.63, 3.8) is 0 Å². The Hall–Kier alpha value is -1.91. The van der Waals surface area contributed by atoms with Crippen LogP contribution in [0, 0.1) is 15.5 Å². The summed E-state index contributed by atoms with van der Waals surface area (Å²) in [6, 6.07) is 6.33. The molecule has 0 bridgehead atoms. The Morgan fingerprint density at radius 2 is 1.94 bits per heavy atom. The molecule has 0 unspecified atom stereocenters. The third-order valence-electron chi connectivity index (χ3n) is 3.80. The van der Waals surface area contributed by atoms with Crippen molar-refractivity contribution in [3.8, 4) is 0 Å². The lowest BCUT2D eigenvalue weighted by Gasteiger charge is -2.37. The molecular formula is C13H15NO4. The Morgan fingerprint density at radius 1 is 1.33 bits per heavy atom. The number of hydrogen-bond acceptors (Lipinski definition) is 3. The SMILES string of the molecule is O=C(O)C1(CCc2ccc([N+](=O)[O-])cc2)CCC1. The van der Waals surface area contributed by atoms with E-state index >= 15 is 0 Å². The highest BCUT2D eigenvalue weighted by Crippen LogP contribution is 2.44. The van der Waals surface area contributed by atoms with Gasteiger partial charge in [0, 0.05) is 12.1 Å². The second kappa shape index (κ2) is 4.76. The van der Waals surface area contributed by atoms with Gasteiger partial charge in [-0.25, -0.2) is 0 Å². The van der Waals surface area contributed by atoms with Gasteiger partial charge in [0.05, 0.1) is 10.3 Å². The third kappa shape index (κ3) is 2.34. The van der Waals surface area contributed by atoms with E-state index in [0.717, 1.165) is 24.8 Å². The maximum atomic E-state index is 11.2. The van der Waals surface area contributed by atoms with Crippen molar-refractivity contribution in [1.82, 2.24) is 0 Å². The maximum absolute atomic E-state index is 11.2. The summed E-state index contributed by atoms with van der Waals surface area (Å²) in [7, 11) is 0. The molecule has 5 heteroatoms. The predicted octanol–water partition coefficient (Wildman–Crippen LogP) is 2.78. The molecule has 0 spiro atoms. The zero-order chi connectivity index (χ0) is 13.2. The van der Waals surface area contributed by atoms with Gasteiger partial charge in [0.1, 0.15) is 0 Å². The van der Waals surface area contributed by atoms with Crippen LogP contribution in [0.2, 0.25) is 0 Å². The third-order valence-corrected chi connectivity index (χ3v) is 3.80. The smallest absolute Gasteiger partial charge is 0.309 e. The van der Waals surface area contributed by atoms with Gasteiger partial charge < -0.3 is 5.11 Å². The average Bonchev–Trinajstić information content (AvgIpc) is 2.27. The minimum atomic E-state index is -0.712. The molecule has 1 saturated carbocycles. The molecule has 0 atom stereocenters. The molecule has 0 heterocycles. The molecule has 1 aromatic carbocycles. The fourth-order valence-corrected chi connectivity index (χ4v) is 2.34. The van der Waals surface area contributed by atoms with Gasteiger partial charge in [-0.05, 0) is 31.2 Å². The maximum Gasteiger partial charge on any atom is 0.309 e. The van der Waals surface area contributed by atoms with Crippen LogP contribution in [0.3, 0.4) is 0 Å². The zero-order valence-electron chi connectivity index (χ0n) is 9.96. The normalized spacial score (nSPS) is 16.9. The molecular weight excluding hydrogens is 234 g/mol. The van der Waals surface area contributed by atoms with Crippen molar-refractivity contribution in [1.29, 1.82) is 0 Å². The summed E-state index contributed by atoms with van der Waals surface area (Å²) in [5.74, 6) is -0.712. The van der Waals surface area contributed by atoms with E-state index < -0.39 is 16.3 Å². The van der Waals surface area contributed by atoms with E-state index in [1.807, 2.05) is 0 Å². The second-order valence-electron chi connectivity index (χ2n) is 4.86. The van der Waals surface area contributed by atoms with E-state index in [1.54, 1.807) is 12.1 Å². The van der Waals surface area contributed by atoms with Crippen molar-refractivity contribution in [2.45, 2.75) is 32.1 Å². The number of benzene rings is 1. The fraction of sp³-hybridized carbons (Fsp3) is 0.462. The first-order valence-corrected chi connectivity index (χ1v) is 6.00.